The molecule has 0 aliphatic heterocycles. The van der Waals surface area contributed by atoms with Crippen molar-refractivity contribution in [1.82, 2.24) is 0 Å². The molecule has 0 aliphatic carbocycles. The van der Waals surface area contributed by atoms with Crippen LogP contribution in [0.15, 0.2) is 34.1 Å². The van der Waals surface area contributed by atoms with Gasteiger partial charge in [-0.05, 0) is 45.1 Å². The van der Waals surface area contributed by atoms with Gasteiger partial charge in [-0.25, -0.2) is 0 Å². The van der Waals surface area contributed by atoms with Crippen molar-refractivity contribution in [2.45, 2.75) is 4.83 Å². The van der Waals surface area contributed by atoms with Gasteiger partial charge in [-0.1, -0.05) is 22.0 Å². The molecule has 1 atom stereocenters. The van der Waals surface area contributed by atoms with E-state index in [0.717, 1.165) is 26.4 Å². The maximum atomic E-state index is 5.35. The lowest BCUT2D eigenvalue weighted by molar-refractivity contribution is 0.411. The van der Waals surface area contributed by atoms with E-state index in [9.17, 15) is 0 Å². The first-order valence-corrected chi connectivity index (χ1v) is 7.85. The lowest BCUT2D eigenvalue weighted by Gasteiger charge is -2.12. The molecule has 0 amide bonds. The summed E-state index contributed by atoms with van der Waals surface area (Å²) in [6.07, 6.45) is 0. The third kappa shape index (κ3) is 2.73. The van der Waals surface area contributed by atoms with Gasteiger partial charge in [-0.2, -0.15) is 0 Å². The van der Waals surface area contributed by atoms with E-state index >= 15 is 0 Å². The van der Waals surface area contributed by atoms with E-state index in [1.165, 1.54) is 0 Å². The van der Waals surface area contributed by atoms with Gasteiger partial charge in [0, 0.05) is 0 Å². The third-order valence-corrected chi connectivity index (χ3v) is 5.45. The van der Waals surface area contributed by atoms with Crippen LogP contribution in [-0.2, 0) is 0 Å². The van der Waals surface area contributed by atoms with Crippen molar-refractivity contribution in [2.24, 2.45) is 0 Å². The van der Waals surface area contributed by atoms with Crippen LogP contribution in [0.5, 0.6) is 11.5 Å². The number of thiophene rings is 1. The van der Waals surface area contributed by atoms with Gasteiger partial charge in [0.1, 0.15) is 11.5 Å². The van der Waals surface area contributed by atoms with Gasteiger partial charge in [0.25, 0.3) is 0 Å². The molecule has 1 unspecified atom stereocenters. The molecule has 2 aromatic rings. The van der Waals surface area contributed by atoms with Crippen molar-refractivity contribution < 1.29 is 9.47 Å². The van der Waals surface area contributed by atoms with Crippen LogP contribution >= 0.6 is 43.2 Å². The Hall–Kier alpha value is -0.520. The molecular weight excluding hydrogens is 380 g/mol. The Kier molecular flexibility index (Phi) is 4.70. The Morgan fingerprint density at radius 3 is 2.44 bits per heavy atom. The molecule has 0 N–H and O–H groups in total. The molecule has 2 rings (SSSR count). The topological polar surface area (TPSA) is 18.5 Å². The van der Waals surface area contributed by atoms with Crippen molar-refractivity contribution in [3.8, 4) is 11.5 Å². The predicted molar refractivity (Wildman–Crippen MR) is 82.3 cm³/mol. The largest absolute Gasteiger partial charge is 0.496 e. The van der Waals surface area contributed by atoms with E-state index in [-0.39, 0.29) is 4.83 Å². The second-order valence-corrected chi connectivity index (χ2v) is 6.33. The SMILES string of the molecule is COc1ccc(C(Br)c2sccc2OC)cc1Br. The number of rotatable bonds is 4. The smallest absolute Gasteiger partial charge is 0.134 e. The van der Waals surface area contributed by atoms with E-state index in [0.29, 0.717) is 0 Å². The number of halogens is 2. The minimum Gasteiger partial charge on any atom is -0.496 e. The number of methoxy groups -OCH3 is 2. The van der Waals surface area contributed by atoms with Gasteiger partial charge in [-0.15, -0.1) is 11.3 Å². The van der Waals surface area contributed by atoms with E-state index in [4.69, 9.17) is 9.47 Å². The molecule has 5 heteroatoms. The van der Waals surface area contributed by atoms with Crippen LogP contribution in [0.1, 0.15) is 15.3 Å². The van der Waals surface area contributed by atoms with E-state index in [2.05, 4.69) is 37.9 Å². The van der Waals surface area contributed by atoms with Crippen LogP contribution in [0.3, 0.4) is 0 Å². The van der Waals surface area contributed by atoms with Crippen molar-refractivity contribution in [1.29, 1.82) is 0 Å². The highest BCUT2D eigenvalue weighted by atomic mass is 79.9. The number of hydrogen-bond acceptors (Lipinski definition) is 3. The molecule has 0 saturated heterocycles. The summed E-state index contributed by atoms with van der Waals surface area (Å²) in [7, 11) is 3.35. The summed E-state index contributed by atoms with van der Waals surface area (Å²) in [6, 6.07) is 8.03. The Bertz CT molecular complexity index is 540. The van der Waals surface area contributed by atoms with Crippen molar-refractivity contribution >= 4 is 43.2 Å². The van der Waals surface area contributed by atoms with E-state index in [1.807, 2.05) is 23.6 Å². The normalized spacial score (nSPS) is 12.2. The lowest BCUT2D eigenvalue weighted by atomic mass is 10.1. The highest BCUT2D eigenvalue weighted by molar-refractivity contribution is 9.10. The van der Waals surface area contributed by atoms with Gasteiger partial charge in [0.15, 0.2) is 0 Å². The van der Waals surface area contributed by atoms with Crippen molar-refractivity contribution in [3.05, 3.63) is 44.6 Å². The van der Waals surface area contributed by atoms with Gasteiger partial charge in [-0.3, -0.25) is 0 Å². The third-order valence-electron chi connectivity index (χ3n) is 2.58. The van der Waals surface area contributed by atoms with Gasteiger partial charge in [0.2, 0.25) is 0 Å². The van der Waals surface area contributed by atoms with Crippen LogP contribution in [0, 0.1) is 0 Å². The first-order valence-electron chi connectivity index (χ1n) is 5.26. The Morgan fingerprint density at radius 1 is 1.11 bits per heavy atom. The number of benzene rings is 1. The highest BCUT2D eigenvalue weighted by Crippen LogP contribution is 2.41. The van der Waals surface area contributed by atoms with Crippen molar-refractivity contribution in [2.75, 3.05) is 14.2 Å². The monoisotopic (exact) mass is 390 g/mol. The summed E-state index contributed by atoms with van der Waals surface area (Å²) >= 11 is 8.89. The van der Waals surface area contributed by atoms with Gasteiger partial charge < -0.3 is 9.47 Å². The Balaban J connectivity index is 2.34. The fourth-order valence-electron chi connectivity index (χ4n) is 1.65. The minimum absolute atomic E-state index is 0.120. The van der Waals surface area contributed by atoms with Crippen LogP contribution in [0.2, 0.25) is 0 Å². The van der Waals surface area contributed by atoms with Crippen LogP contribution < -0.4 is 9.47 Å². The average molecular weight is 392 g/mol. The zero-order valence-corrected chi connectivity index (χ0v) is 13.9. The lowest BCUT2D eigenvalue weighted by Crippen LogP contribution is -1.94. The molecule has 0 spiro atoms. The molecule has 0 aliphatic rings. The van der Waals surface area contributed by atoms with Gasteiger partial charge >= 0.3 is 0 Å². The van der Waals surface area contributed by atoms with Crippen LogP contribution in [0.4, 0.5) is 0 Å². The number of alkyl halides is 1. The standard InChI is InChI=1S/C13H12Br2O2S/c1-16-10-4-3-8(7-9(10)14)12(15)13-11(17-2)5-6-18-13/h3-7,12H,1-2H3. The summed E-state index contributed by atoms with van der Waals surface area (Å²) in [5, 5.41) is 2.03. The maximum absolute atomic E-state index is 5.35. The fraction of sp³-hybridized carbons (Fsp3) is 0.231. The highest BCUT2D eigenvalue weighted by Gasteiger charge is 2.17. The minimum atomic E-state index is 0.120. The van der Waals surface area contributed by atoms with Crippen LogP contribution in [0.25, 0.3) is 0 Å². The first-order chi connectivity index (χ1) is 8.67. The first kappa shape index (κ1) is 13.9. The molecule has 1 aromatic carbocycles. The summed E-state index contributed by atoms with van der Waals surface area (Å²) < 4.78 is 11.5. The van der Waals surface area contributed by atoms with E-state index < -0.39 is 0 Å². The molecule has 96 valence electrons. The summed E-state index contributed by atoms with van der Waals surface area (Å²) in [5.41, 5.74) is 1.16. The number of ether oxygens (including phenoxy) is 2. The average Bonchev–Trinajstić information content (AvgIpc) is 2.86. The van der Waals surface area contributed by atoms with Crippen molar-refractivity contribution in [3.63, 3.8) is 0 Å². The Morgan fingerprint density at radius 2 is 1.83 bits per heavy atom. The second kappa shape index (κ2) is 6.08. The zero-order valence-electron chi connectivity index (χ0n) is 9.94. The molecule has 1 heterocycles. The molecule has 0 bridgehead atoms. The molecule has 2 nitrogen and oxygen atoms in total. The molecule has 18 heavy (non-hydrogen) atoms. The molecule has 1 aromatic heterocycles. The summed E-state index contributed by atoms with van der Waals surface area (Å²) in [5.74, 6) is 1.74. The molecular formula is C13H12Br2O2S. The Labute approximate surface area is 127 Å². The zero-order chi connectivity index (χ0) is 13.1. The molecule has 0 saturated carbocycles. The predicted octanol–water partition coefficient (Wildman–Crippen LogP) is 5.01. The molecule has 0 fully saturated rings. The molecule has 0 radical (unpaired) electrons. The second-order valence-electron chi connectivity index (χ2n) is 3.61. The van der Waals surface area contributed by atoms with Crippen LogP contribution in [-0.4, -0.2) is 14.2 Å². The summed E-state index contributed by atoms with van der Waals surface area (Å²) in [4.78, 5) is 1.28. The maximum Gasteiger partial charge on any atom is 0.134 e. The fourth-order valence-corrected chi connectivity index (χ4v) is 3.91. The van der Waals surface area contributed by atoms with Gasteiger partial charge in [0.05, 0.1) is 28.4 Å². The van der Waals surface area contributed by atoms with E-state index in [1.54, 1.807) is 25.6 Å². The quantitative estimate of drug-likeness (QED) is 0.681. The number of hydrogen-bond donors (Lipinski definition) is 0. The summed E-state index contributed by atoms with van der Waals surface area (Å²) in [6.45, 7) is 0.